The summed E-state index contributed by atoms with van der Waals surface area (Å²) in [5, 5.41) is 0. The van der Waals surface area contributed by atoms with E-state index in [1.165, 1.54) is 60.1 Å². The minimum atomic E-state index is 0. The SMILES string of the molecule is CCCCCCCC1=[N+](Cc2ccc(C)cc2)CCc2cc(OC)c(OC)cc21.[Cl-]. The molecule has 0 saturated carbocycles. The van der Waals surface area contributed by atoms with Gasteiger partial charge in [0, 0.05) is 24.0 Å². The maximum absolute atomic E-state index is 5.62. The molecule has 0 fully saturated rings. The molecule has 1 aliphatic heterocycles. The molecule has 0 amide bonds. The number of aryl methyl sites for hydroxylation is 1. The average molecular weight is 430 g/mol. The second-order valence-corrected chi connectivity index (χ2v) is 8.13. The second-order valence-electron chi connectivity index (χ2n) is 8.13. The fourth-order valence-corrected chi connectivity index (χ4v) is 4.23. The Labute approximate surface area is 188 Å². The number of methoxy groups -OCH3 is 2. The lowest BCUT2D eigenvalue weighted by Gasteiger charge is -2.21. The van der Waals surface area contributed by atoms with Gasteiger partial charge < -0.3 is 21.9 Å². The Bertz CT molecular complexity index is 843. The lowest BCUT2D eigenvalue weighted by Crippen LogP contribution is -3.00. The van der Waals surface area contributed by atoms with Crippen molar-refractivity contribution in [2.75, 3.05) is 20.8 Å². The van der Waals surface area contributed by atoms with Gasteiger partial charge in [0.15, 0.2) is 23.8 Å². The van der Waals surface area contributed by atoms with Crippen LogP contribution in [0.25, 0.3) is 0 Å². The highest BCUT2D eigenvalue weighted by atomic mass is 35.5. The lowest BCUT2D eigenvalue weighted by atomic mass is 9.92. The van der Waals surface area contributed by atoms with E-state index in [9.17, 15) is 0 Å². The topological polar surface area (TPSA) is 21.5 Å². The molecular formula is C26H36ClNO2. The van der Waals surface area contributed by atoms with Crippen molar-refractivity contribution >= 4 is 5.71 Å². The van der Waals surface area contributed by atoms with Crippen molar-refractivity contribution in [1.29, 1.82) is 0 Å². The minimum absolute atomic E-state index is 0. The Morgan fingerprint density at radius 3 is 2.23 bits per heavy atom. The summed E-state index contributed by atoms with van der Waals surface area (Å²) in [5.74, 6) is 1.66. The molecule has 3 nitrogen and oxygen atoms in total. The van der Waals surface area contributed by atoms with E-state index in [0.29, 0.717) is 0 Å². The largest absolute Gasteiger partial charge is 1.00 e. The number of nitrogens with zero attached hydrogens (tertiary/aromatic N) is 1. The standard InChI is InChI=1S/C26H36NO2.ClH/c1-5-6-7-8-9-10-24-23-18-26(29-4)25(28-3)17-22(23)15-16-27(24)19-21-13-11-20(2)12-14-21;/h11-14,17-18H,5-10,15-16,19H2,1-4H3;1H/q+1;/p-1. The van der Waals surface area contributed by atoms with Gasteiger partial charge in [-0.05, 0) is 31.0 Å². The molecular weight excluding hydrogens is 394 g/mol. The molecule has 0 radical (unpaired) electrons. The molecule has 164 valence electrons. The summed E-state index contributed by atoms with van der Waals surface area (Å²) in [5.41, 5.74) is 6.88. The minimum Gasteiger partial charge on any atom is -1.00 e. The molecule has 30 heavy (non-hydrogen) atoms. The molecule has 0 aliphatic carbocycles. The van der Waals surface area contributed by atoms with Crippen LogP contribution in [0, 0.1) is 6.92 Å². The molecule has 1 heterocycles. The third-order valence-corrected chi connectivity index (χ3v) is 5.96. The number of benzene rings is 2. The summed E-state index contributed by atoms with van der Waals surface area (Å²) < 4.78 is 13.7. The predicted octanol–water partition coefficient (Wildman–Crippen LogP) is 2.93. The summed E-state index contributed by atoms with van der Waals surface area (Å²) in [6, 6.07) is 13.3. The molecule has 0 unspecified atom stereocenters. The van der Waals surface area contributed by atoms with Crippen molar-refractivity contribution < 1.29 is 26.5 Å². The average Bonchev–Trinajstić information content (AvgIpc) is 2.75. The van der Waals surface area contributed by atoms with Crippen LogP contribution in [0.5, 0.6) is 11.5 Å². The second kappa shape index (κ2) is 12.0. The maximum Gasteiger partial charge on any atom is 0.184 e. The monoisotopic (exact) mass is 429 g/mol. The third kappa shape index (κ3) is 6.01. The molecule has 2 aromatic carbocycles. The summed E-state index contributed by atoms with van der Waals surface area (Å²) in [7, 11) is 3.44. The molecule has 0 N–H and O–H groups in total. The van der Waals surface area contributed by atoms with Gasteiger partial charge in [-0.2, -0.15) is 0 Å². The molecule has 0 atom stereocenters. The highest BCUT2D eigenvalue weighted by Gasteiger charge is 2.27. The molecule has 4 heteroatoms. The van der Waals surface area contributed by atoms with Gasteiger partial charge in [0.25, 0.3) is 0 Å². The van der Waals surface area contributed by atoms with Crippen LogP contribution in [0.2, 0.25) is 0 Å². The molecule has 3 rings (SSSR count). The van der Waals surface area contributed by atoms with Crippen LogP contribution < -0.4 is 21.9 Å². The van der Waals surface area contributed by atoms with Crippen LogP contribution in [0.1, 0.15) is 67.7 Å². The Morgan fingerprint density at radius 2 is 1.57 bits per heavy atom. The zero-order valence-electron chi connectivity index (χ0n) is 19.0. The highest BCUT2D eigenvalue weighted by molar-refractivity contribution is 5.99. The number of hydrogen-bond acceptors (Lipinski definition) is 2. The lowest BCUT2D eigenvalue weighted by molar-refractivity contribution is -0.545. The van der Waals surface area contributed by atoms with Crippen LogP contribution in [-0.2, 0) is 13.0 Å². The number of unbranched alkanes of at least 4 members (excludes halogenated alkanes) is 4. The van der Waals surface area contributed by atoms with Crippen molar-refractivity contribution in [3.05, 3.63) is 58.7 Å². The van der Waals surface area contributed by atoms with E-state index in [0.717, 1.165) is 37.4 Å². The van der Waals surface area contributed by atoms with E-state index in [-0.39, 0.29) is 12.4 Å². The molecule has 0 saturated heterocycles. The molecule has 0 spiro atoms. The molecule has 1 aliphatic rings. The van der Waals surface area contributed by atoms with Crippen molar-refractivity contribution in [1.82, 2.24) is 0 Å². The number of rotatable bonds is 10. The number of fused-ring (bicyclic) bond motifs is 1. The Kier molecular flexibility index (Phi) is 9.71. The first-order valence-electron chi connectivity index (χ1n) is 11.1. The van der Waals surface area contributed by atoms with Gasteiger partial charge in [0.05, 0.1) is 14.2 Å². The van der Waals surface area contributed by atoms with Gasteiger partial charge in [-0.15, -0.1) is 0 Å². The maximum atomic E-state index is 5.62. The van der Waals surface area contributed by atoms with E-state index in [1.54, 1.807) is 14.2 Å². The molecule has 0 bridgehead atoms. The zero-order valence-corrected chi connectivity index (χ0v) is 19.7. The van der Waals surface area contributed by atoms with Crippen molar-refractivity contribution in [3.63, 3.8) is 0 Å². The molecule has 2 aromatic rings. The third-order valence-electron chi connectivity index (χ3n) is 5.96. The van der Waals surface area contributed by atoms with Gasteiger partial charge in [0.1, 0.15) is 6.54 Å². The Balaban J connectivity index is 0.00000320. The molecule has 0 aromatic heterocycles. The van der Waals surface area contributed by atoms with E-state index in [1.807, 2.05) is 0 Å². The quantitative estimate of drug-likeness (QED) is 0.428. The predicted molar refractivity (Wildman–Crippen MR) is 121 cm³/mol. The van der Waals surface area contributed by atoms with Gasteiger partial charge in [0.2, 0.25) is 0 Å². The van der Waals surface area contributed by atoms with Crippen molar-refractivity contribution in [2.45, 2.75) is 65.3 Å². The van der Waals surface area contributed by atoms with Crippen LogP contribution >= 0.6 is 0 Å². The number of ether oxygens (including phenoxy) is 2. The summed E-state index contributed by atoms with van der Waals surface area (Å²) in [4.78, 5) is 0. The normalized spacial score (nSPS) is 12.9. The summed E-state index contributed by atoms with van der Waals surface area (Å²) in [6.07, 6.45) is 8.67. The van der Waals surface area contributed by atoms with Gasteiger partial charge in [-0.25, -0.2) is 4.58 Å². The summed E-state index contributed by atoms with van der Waals surface area (Å²) >= 11 is 0. The first-order valence-corrected chi connectivity index (χ1v) is 11.1. The Morgan fingerprint density at radius 1 is 0.900 bits per heavy atom. The van der Waals surface area contributed by atoms with Crippen LogP contribution in [0.3, 0.4) is 0 Å². The number of halogens is 1. The fourth-order valence-electron chi connectivity index (χ4n) is 4.23. The van der Waals surface area contributed by atoms with E-state index in [2.05, 4.69) is 54.8 Å². The fraction of sp³-hybridized carbons (Fsp3) is 0.500. The van der Waals surface area contributed by atoms with Crippen LogP contribution in [0.4, 0.5) is 0 Å². The van der Waals surface area contributed by atoms with E-state index >= 15 is 0 Å². The van der Waals surface area contributed by atoms with Crippen LogP contribution in [0.15, 0.2) is 36.4 Å². The van der Waals surface area contributed by atoms with E-state index < -0.39 is 0 Å². The van der Waals surface area contributed by atoms with Crippen LogP contribution in [-0.4, -0.2) is 31.1 Å². The van der Waals surface area contributed by atoms with Gasteiger partial charge >= 0.3 is 0 Å². The smallest absolute Gasteiger partial charge is 0.184 e. The first kappa shape index (κ1) is 24.3. The number of hydrogen-bond donors (Lipinski definition) is 0. The zero-order chi connectivity index (χ0) is 20.6. The van der Waals surface area contributed by atoms with Crippen molar-refractivity contribution in [2.24, 2.45) is 0 Å². The van der Waals surface area contributed by atoms with Gasteiger partial charge in [-0.1, -0.05) is 62.4 Å². The van der Waals surface area contributed by atoms with Crippen molar-refractivity contribution in [3.8, 4) is 11.5 Å². The van der Waals surface area contributed by atoms with E-state index in [4.69, 9.17) is 9.47 Å². The Hall–Kier alpha value is -2.00. The van der Waals surface area contributed by atoms with Gasteiger partial charge in [-0.3, -0.25) is 0 Å². The summed E-state index contributed by atoms with van der Waals surface area (Å²) in [6.45, 7) is 6.45. The highest BCUT2D eigenvalue weighted by Crippen LogP contribution is 2.33. The first-order chi connectivity index (χ1) is 14.2.